The highest BCUT2D eigenvalue weighted by Crippen LogP contribution is 2.26. The number of ether oxygens (including phenoxy) is 1. The normalized spacial score (nSPS) is 13.0. The molecule has 0 spiro atoms. The average molecular weight is 468 g/mol. The van der Waals surface area contributed by atoms with Gasteiger partial charge in [0, 0.05) is 35.5 Å². The number of carbonyl (C=O) groups is 1. The Kier molecular flexibility index (Phi) is 6.44. The zero-order valence-corrected chi connectivity index (χ0v) is 17.9. The minimum atomic E-state index is -4.79. The summed E-state index contributed by atoms with van der Waals surface area (Å²) < 4.78 is 40.7. The van der Waals surface area contributed by atoms with Crippen LogP contribution in [-0.4, -0.2) is 35.1 Å². The summed E-state index contributed by atoms with van der Waals surface area (Å²) in [5.74, 6) is 0.155. The Labute approximate surface area is 192 Å². The summed E-state index contributed by atoms with van der Waals surface area (Å²) in [7, 11) is 0. The van der Waals surface area contributed by atoms with Gasteiger partial charge in [-0.05, 0) is 61.0 Å². The lowest BCUT2D eigenvalue weighted by atomic mass is 10.1. The molecule has 1 aromatic heterocycles. The van der Waals surface area contributed by atoms with Gasteiger partial charge in [-0.3, -0.25) is 9.79 Å². The number of allylic oxidation sites excluding steroid dienone is 1. The van der Waals surface area contributed by atoms with E-state index in [1.54, 1.807) is 30.6 Å². The molecule has 2 aromatic carbocycles. The number of hydrogen-bond donors (Lipinski definition) is 2. The van der Waals surface area contributed by atoms with Crippen molar-refractivity contribution < 1.29 is 22.7 Å². The van der Waals surface area contributed by atoms with E-state index in [0.717, 1.165) is 17.7 Å². The highest BCUT2D eigenvalue weighted by atomic mass is 19.4. The van der Waals surface area contributed by atoms with Crippen LogP contribution in [0.5, 0.6) is 5.75 Å². The van der Waals surface area contributed by atoms with E-state index in [9.17, 15) is 18.0 Å². The largest absolute Gasteiger partial charge is 0.573 e. The minimum absolute atomic E-state index is 0.179. The number of nitrogens with zero attached hydrogens (tertiary/aromatic N) is 4. The molecule has 34 heavy (non-hydrogen) atoms. The molecule has 0 unspecified atom stereocenters. The molecule has 8 nitrogen and oxygen atoms in total. The van der Waals surface area contributed by atoms with Gasteiger partial charge < -0.3 is 20.3 Å². The number of alkyl halides is 3. The van der Waals surface area contributed by atoms with Crippen LogP contribution in [0.3, 0.4) is 0 Å². The maximum absolute atomic E-state index is 12.5. The number of aliphatic imine (C=N–C) groups is 1. The van der Waals surface area contributed by atoms with E-state index in [1.165, 1.54) is 12.1 Å². The summed E-state index contributed by atoms with van der Waals surface area (Å²) in [5.41, 5.74) is 2.23. The fraction of sp³-hybridized carbons (Fsp3) is 0.130. The van der Waals surface area contributed by atoms with E-state index in [4.69, 9.17) is 0 Å². The molecule has 11 heteroatoms. The Morgan fingerprint density at radius 2 is 1.91 bits per heavy atom. The predicted octanol–water partition coefficient (Wildman–Crippen LogP) is 5.04. The Hall–Kier alpha value is -4.41. The Morgan fingerprint density at radius 3 is 2.62 bits per heavy atom. The molecule has 0 atom stereocenters. The van der Waals surface area contributed by atoms with Crippen LogP contribution in [0.25, 0.3) is 0 Å². The van der Waals surface area contributed by atoms with Crippen LogP contribution in [0.2, 0.25) is 0 Å². The molecular formula is C23H19F3N6O2. The van der Waals surface area contributed by atoms with Crippen LogP contribution < -0.4 is 20.3 Å². The molecule has 3 aromatic rings. The molecule has 174 valence electrons. The number of hydrogen-bond acceptors (Lipinski definition) is 7. The summed E-state index contributed by atoms with van der Waals surface area (Å²) in [6.45, 7) is 2.34. The first kappa shape index (κ1) is 22.8. The molecule has 0 bridgehead atoms. The van der Waals surface area contributed by atoms with Crippen LogP contribution in [0, 0.1) is 6.92 Å². The van der Waals surface area contributed by atoms with Crippen molar-refractivity contribution in [3.05, 3.63) is 78.1 Å². The van der Waals surface area contributed by atoms with Gasteiger partial charge in [-0.15, -0.1) is 13.2 Å². The van der Waals surface area contributed by atoms with Crippen molar-refractivity contribution in [2.45, 2.75) is 13.3 Å². The molecule has 4 rings (SSSR count). The average Bonchev–Trinajstić information content (AvgIpc) is 2.81. The lowest BCUT2D eigenvalue weighted by Crippen LogP contribution is -2.20. The molecule has 1 aliphatic heterocycles. The van der Waals surface area contributed by atoms with Crippen LogP contribution in [0.4, 0.5) is 36.3 Å². The van der Waals surface area contributed by atoms with Gasteiger partial charge in [0.2, 0.25) is 5.95 Å². The van der Waals surface area contributed by atoms with Crippen molar-refractivity contribution in [3.63, 3.8) is 0 Å². The quantitative estimate of drug-likeness (QED) is 0.527. The van der Waals surface area contributed by atoms with Crippen LogP contribution in [0.15, 0.2) is 72.0 Å². The summed E-state index contributed by atoms with van der Waals surface area (Å²) in [6, 6.07) is 11.7. The van der Waals surface area contributed by atoms with Crippen molar-refractivity contribution in [2.75, 3.05) is 22.2 Å². The summed E-state index contributed by atoms with van der Waals surface area (Å²) in [6.07, 6.45) is 2.22. The number of rotatable bonds is 6. The Bertz CT molecular complexity index is 1240. The number of benzene rings is 2. The first-order valence-electron chi connectivity index (χ1n) is 10.1. The lowest BCUT2D eigenvalue weighted by Gasteiger charge is -2.19. The van der Waals surface area contributed by atoms with Crippen molar-refractivity contribution in [1.82, 2.24) is 9.97 Å². The molecule has 0 saturated heterocycles. The maximum atomic E-state index is 12.5. The summed E-state index contributed by atoms with van der Waals surface area (Å²) in [4.78, 5) is 27.3. The van der Waals surface area contributed by atoms with Crippen molar-refractivity contribution in [1.29, 1.82) is 0 Å². The summed E-state index contributed by atoms with van der Waals surface area (Å²) in [5, 5.41) is 5.87. The van der Waals surface area contributed by atoms with Crippen molar-refractivity contribution in [2.24, 2.45) is 4.99 Å². The third-order valence-electron chi connectivity index (χ3n) is 4.72. The zero-order chi connectivity index (χ0) is 24.1. The van der Waals surface area contributed by atoms with Crippen molar-refractivity contribution in [3.8, 4) is 5.75 Å². The number of halogens is 3. The van der Waals surface area contributed by atoms with Gasteiger partial charge in [0.05, 0.1) is 0 Å². The number of amides is 1. The van der Waals surface area contributed by atoms with Gasteiger partial charge in [-0.25, -0.2) is 4.98 Å². The second kappa shape index (κ2) is 9.61. The first-order chi connectivity index (χ1) is 16.3. The molecule has 0 aliphatic carbocycles. The van der Waals surface area contributed by atoms with E-state index in [0.29, 0.717) is 29.8 Å². The number of aromatic nitrogens is 2. The number of anilines is 4. The highest BCUT2D eigenvalue weighted by Gasteiger charge is 2.31. The minimum Gasteiger partial charge on any atom is -0.406 e. The zero-order valence-electron chi connectivity index (χ0n) is 17.9. The number of aryl methyl sites for hydroxylation is 1. The monoisotopic (exact) mass is 468 g/mol. The molecule has 0 radical (unpaired) electrons. The Morgan fingerprint density at radius 1 is 1.12 bits per heavy atom. The highest BCUT2D eigenvalue weighted by molar-refractivity contribution is 6.04. The fourth-order valence-corrected chi connectivity index (χ4v) is 3.07. The summed E-state index contributed by atoms with van der Waals surface area (Å²) >= 11 is 0. The van der Waals surface area contributed by atoms with Gasteiger partial charge in [-0.2, -0.15) is 4.98 Å². The van der Waals surface area contributed by atoms with E-state index in [-0.39, 0.29) is 5.56 Å². The predicted molar refractivity (Wildman–Crippen MR) is 123 cm³/mol. The van der Waals surface area contributed by atoms with Crippen molar-refractivity contribution >= 4 is 35.3 Å². The molecule has 0 saturated carbocycles. The Balaban J connectivity index is 1.46. The van der Waals surface area contributed by atoms with Crippen LogP contribution in [-0.2, 0) is 0 Å². The smallest absolute Gasteiger partial charge is 0.406 e. The van der Waals surface area contributed by atoms with Gasteiger partial charge in [0.1, 0.15) is 18.2 Å². The van der Waals surface area contributed by atoms with Gasteiger partial charge in [0.25, 0.3) is 5.91 Å². The molecule has 2 N–H and O–H groups in total. The van der Waals surface area contributed by atoms with Crippen LogP contribution in [0.1, 0.15) is 15.9 Å². The third-order valence-corrected chi connectivity index (χ3v) is 4.72. The van der Waals surface area contributed by atoms with Gasteiger partial charge in [0.15, 0.2) is 0 Å². The molecule has 2 heterocycles. The maximum Gasteiger partial charge on any atom is 0.573 e. The first-order valence-corrected chi connectivity index (χ1v) is 10.1. The van der Waals surface area contributed by atoms with Crippen LogP contribution >= 0.6 is 0 Å². The van der Waals surface area contributed by atoms with Gasteiger partial charge in [-0.1, -0.05) is 6.07 Å². The SMILES string of the molecule is Cc1ccc(NC(=O)c2ccc(OC(F)(F)F)cc2)cc1Nc1nccc(N2C=CC=NC2)n1. The number of carbonyl (C=O) groups excluding carboxylic acids is 1. The van der Waals surface area contributed by atoms with Gasteiger partial charge >= 0.3 is 6.36 Å². The standard InChI is InChI=1S/C23H19F3N6O2/c1-15-3-6-17(29-21(33)16-4-7-18(8-5-16)34-23(24,25)26)13-19(15)30-22-28-11-9-20(31-22)32-12-2-10-27-14-32/h2-13H,14H2,1H3,(H,29,33)(H,28,30,31). The van der Waals surface area contributed by atoms with E-state index < -0.39 is 18.0 Å². The molecule has 1 amide bonds. The number of nitrogens with one attached hydrogen (secondary N) is 2. The third kappa shape index (κ3) is 5.88. The fourth-order valence-electron chi connectivity index (χ4n) is 3.07. The molecule has 0 fully saturated rings. The second-order valence-corrected chi connectivity index (χ2v) is 7.20. The van der Waals surface area contributed by atoms with E-state index >= 15 is 0 Å². The molecular weight excluding hydrogens is 449 g/mol. The second-order valence-electron chi connectivity index (χ2n) is 7.20. The topological polar surface area (TPSA) is 91.7 Å². The molecule has 1 aliphatic rings. The lowest BCUT2D eigenvalue weighted by molar-refractivity contribution is -0.274. The van der Waals surface area contributed by atoms with E-state index in [1.807, 2.05) is 30.2 Å². The van der Waals surface area contributed by atoms with E-state index in [2.05, 4.69) is 30.3 Å².